The second-order valence-corrected chi connectivity index (χ2v) is 12.7. The van der Waals surface area contributed by atoms with Gasteiger partial charge in [-0.1, -0.05) is 0 Å². The number of phenols is 1. The first kappa shape index (κ1) is 33.2. The third-order valence-electron chi connectivity index (χ3n) is 7.83. The number of carbonyl (C=O) groups excluding carboxylic acids is 3. The van der Waals surface area contributed by atoms with Crippen molar-refractivity contribution < 1.29 is 69.7 Å². The molecule has 1 aromatic heterocycles. The Bertz CT molecular complexity index is 2290. The van der Waals surface area contributed by atoms with Gasteiger partial charge in [0.1, 0.15) is 16.9 Å². The van der Waals surface area contributed by atoms with Crippen LogP contribution < -0.4 is 38.2 Å². The van der Waals surface area contributed by atoms with Crippen molar-refractivity contribution in [2.45, 2.75) is 38.9 Å². The van der Waals surface area contributed by atoms with Crippen LogP contribution in [0.25, 0.3) is 21.5 Å². The van der Waals surface area contributed by atoms with Gasteiger partial charge in [0.05, 0.1) is 44.8 Å². The van der Waals surface area contributed by atoms with Crippen molar-refractivity contribution in [1.82, 2.24) is 0 Å². The Balaban J connectivity index is 1.59. The smallest absolute Gasteiger partial charge is 0.374 e. The number of hydrogen-bond donors (Lipinski definition) is 1. The first-order valence-electron chi connectivity index (χ1n) is 14.4. The quantitative estimate of drug-likeness (QED) is 0.167. The summed E-state index contributed by atoms with van der Waals surface area (Å²) in [4.78, 5) is 49.7. The number of rotatable bonds is 7. The molecule has 1 atom stereocenters. The van der Waals surface area contributed by atoms with Gasteiger partial charge in [-0.05, 0) is 29.5 Å². The van der Waals surface area contributed by atoms with E-state index >= 15 is 0 Å². The first-order valence-corrected chi connectivity index (χ1v) is 16.2. The Morgan fingerprint density at radius 3 is 2.12 bits per heavy atom. The number of ether oxygens (including phenoxy) is 7. The van der Waals surface area contributed by atoms with E-state index in [-0.39, 0.29) is 86.6 Å². The molecule has 0 radical (unpaired) electrons. The van der Waals surface area contributed by atoms with Gasteiger partial charge in [-0.25, -0.2) is 9.59 Å². The number of carbonyl (C=O) groups is 3. The topological polar surface area (TPSA) is 210 Å². The molecule has 1 spiro atoms. The molecule has 2 aliphatic rings. The molecular formula is C32H28O16S. The van der Waals surface area contributed by atoms with Crippen molar-refractivity contribution in [2.24, 2.45) is 0 Å². The van der Waals surface area contributed by atoms with Crippen LogP contribution >= 0.6 is 0 Å². The standard InChI is InChI=1S/C32H28O16S/c1-13(33)43-27-19(41-4)11-18(40-3)22-23(27)29(48-49(6,38)39)26-17(24(22)35)12-32(47-26)8-7-15-9-16-10-20(30(36)42-5)45-31(37)21(16)28(25(15)46-32)44-14(2)34/h9-11,35H,7-8,12H2,1-6H3. The lowest BCUT2D eigenvalue weighted by Crippen LogP contribution is -2.44. The van der Waals surface area contributed by atoms with Gasteiger partial charge in [-0.3, -0.25) is 9.59 Å². The van der Waals surface area contributed by atoms with Crippen molar-refractivity contribution >= 4 is 49.6 Å². The minimum atomic E-state index is -4.30. The zero-order chi connectivity index (χ0) is 35.6. The highest BCUT2D eigenvalue weighted by atomic mass is 32.2. The average Bonchev–Trinajstić information content (AvgIpc) is 3.40. The van der Waals surface area contributed by atoms with Gasteiger partial charge in [0.15, 0.2) is 34.5 Å². The molecule has 0 fully saturated rings. The molecule has 16 nitrogen and oxygen atoms in total. The van der Waals surface area contributed by atoms with Crippen LogP contribution in [0.5, 0.6) is 46.0 Å². The number of phenolic OH excluding ortho intramolecular Hbond substituents is 1. The van der Waals surface area contributed by atoms with Gasteiger partial charge in [0, 0.05) is 31.9 Å². The molecule has 6 rings (SSSR count). The molecule has 2 aliphatic heterocycles. The van der Waals surface area contributed by atoms with Gasteiger partial charge in [-0.15, -0.1) is 0 Å². The second-order valence-electron chi connectivity index (χ2n) is 11.2. The van der Waals surface area contributed by atoms with Gasteiger partial charge in [-0.2, -0.15) is 8.42 Å². The van der Waals surface area contributed by atoms with Crippen LogP contribution in [0.3, 0.4) is 0 Å². The molecule has 3 heterocycles. The number of hydrogen-bond acceptors (Lipinski definition) is 16. The lowest BCUT2D eigenvalue weighted by molar-refractivity contribution is -0.133. The first-order chi connectivity index (χ1) is 23.1. The average molecular weight is 701 g/mol. The van der Waals surface area contributed by atoms with E-state index in [0.29, 0.717) is 5.56 Å². The Morgan fingerprint density at radius 1 is 0.857 bits per heavy atom. The third-order valence-corrected chi connectivity index (χ3v) is 8.30. The summed E-state index contributed by atoms with van der Waals surface area (Å²) < 4.78 is 75.1. The summed E-state index contributed by atoms with van der Waals surface area (Å²) in [5, 5.41) is 11.4. The van der Waals surface area contributed by atoms with Crippen LogP contribution in [0.15, 0.2) is 27.4 Å². The number of benzene rings is 3. The van der Waals surface area contributed by atoms with E-state index in [2.05, 4.69) is 4.74 Å². The maximum Gasteiger partial charge on any atom is 0.374 e. The highest BCUT2D eigenvalue weighted by Crippen LogP contribution is 2.60. The minimum Gasteiger partial charge on any atom is -0.507 e. The van der Waals surface area contributed by atoms with Crippen LogP contribution in [0.4, 0.5) is 0 Å². The van der Waals surface area contributed by atoms with E-state index in [1.165, 1.54) is 26.4 Å². The summed E-state index contributed by atoms with van der Waals surface area (Å²) in [7, 11) is -0.605. The van der Waals surface area contributed by atoms with Crippen LogP contribution in [-0.2, 0) is 37.3 Å². The highest BCUT2D eigenvalue weighted by molar-refractivity contribution is 7.86. The summed E-state index contributed by atoms with van der Waals surface area (Å²) in [6, 6.07) is 4.16. The van der Waals surface area contributed by atoms with E-state index in [0.717, 1.165) is 27.2 Å². The SMILES string of the molecule is COC(=O)c1cc2cc3c(c(OC(C)=O)c2c(=O)o1)OC1(CC3)Cc2c(c(OS(C)(=O)=O)c3c(OC(C)=O)c(OC)cc(OC)c3c2O)O1. The van der Waals surface area contributed by atoms with Gasteiger partial charge >= 0.3 is 33.7 Å². The maximum absolute atomic E-state index is 13.2. The van der Waals surface area contributed by atoms with Crippen molar-refractivity contribution in [3.05, 3.63) is 45.5 Å². The molecule has 17 heteroatoms. The molecule has 0 amide bonds. The predicted molar refractivity (Wildman–Crippen MR) is 167 cm³/mol. The summed E-state index contributed by atoms with van der Waals surface area (Å²) in [5.74, 6) is -6.44. The van der Waals surface area contributed by atoms with E-state index in [4.69, 9.17) is 37.0 Å². The zero-order valence-electron chi connectivity index (χ0n) is 26.8. The monoisotopic (exact) mass is 700 g/mol. The van der Waals surface area contributed by atoms with Crippen LogP contribution in [0.1, 0.15) is 41.9 Å². The second kappa shape index (κ2) is 11.8. The van der Waals surface area contributed by atoms with Crippen LogP contribution in [-0.4, -0.2) is 64.8 Å². The van der Waals surface area contributed by atoms with E-state index in [1.807, 2.05) is 0 Å². The number of aromatic hydroxyl groups is 1. The Hall–Kier alpha value is -5.71. The Morgan fingerprint density at radius 2 is 1.51 bits per heavy atom. The number of methoxy groups -OCH3 is 3. The molecule has 0 aliphatic carbocycles. The molecule has 0 saturated heterocycles. The predicted octanol–water partition coefficient (Wildman–Crippen LogP) is 3.30. The summed E-state index contributed by atoms with van der Waals surface area (Å²) in [6.45, 7) is 2.22. The van der Waals surface area contributed by atoms with E-state index < -0.39 is 50.9 Å². The lowest BCUT2D eigenvalue weighted by atomic mass is 9.92. The maximum atomic E-state index is 13.2. The lowest BCUT2D eigenvalue weighted by Gasteiger charge is -2.35. The summed E-state index contributed by atoms with van der Waals surface area (Å²) >= 11 is 0. The molecule has 258 valence electrons. The van der Waals surface area contributed by atoms with Gasteiger partial charge in [0.25, 0.3) is 5.79 Å². The largest absolute Gasteiger partial charge is 0.507 e. The fraction of sp³-hybridized carbons (Fsp3) is 0.312. The molecular weight excluding hydrogens is 672 g/mol. The molecule has 49 heavy (non-hydrogen) atoms. The molecule has 0 saturated carbocycles. The molecule has 1 N–H and O–H groups in total. The van der Waals surface area contributed by atoms with E-state index in [1.54, 1.807) is 6.07 Å². The van der Waals surface area contributed by atoms with Gasteiger partial charge < -0.3 is 46.9 Å². The van der Waals surface area contributed by atoms with Crippen LogP contribution in [0.2, 0.25) is 0 Å². The van der Waals surface area contributed by atoms with Crippen molar-refractivity contribution in [3.8, 4) is 46.0 Å². The number of fused-ring (bicyclic) bond motifs is 4. The van der Waals surface area contributed by atoms with Crippen molar-refractivity contribution in [1.29, 1.82) is 0 Å². The molecule has 0 bridgehead atoms. The molecule has 3 aromatic carbocycles. The summed E-state index contributed by atoms with van der Waals surface area (Å²) in [5.41, 5.74) is -0.521. The third kappa shape index (κ3) is 5.64. The zero-order valence-corrected chi connectivity index (χ0v) is 27.6. The van der Waals surface area contributed by atoms with Crippen molar-refractivity contribution in [3.63, 3.8) is 0 Å². The number of esters is 3. The Labute approximate surface area is 277 Å². The van der Waals surface area contributed by atoms with Crippen LogP contribution in [0, 0.1) is 0 Å². The highest BCUT2D eigenvalue weighted by Gasteiger charge is 2.50. The molecule has 4 aromatic rings. The number of aryl methyl sites for hydroxylation is 1. The minimum absolute atomic E-state index is 0.0129. The van der Waals surface area contributed by atoms with E-state index in [9.17, 15) is 32.7 Å². The van der Waals surface area contributed by atoms with Gasteiger partial charge in [0.2, 0.25) is 5.76 Å². The normalized spacial score (nSPS) is 16.3. The fourth-order valence-corrected chi connectivity index (χ4v) is 6.45. The summed E-state index contributed by atoms with van der Waals surface area (Å²) in [6.07, 6.45) is 0.831. The fourth-order valence-electron chi connectivity index (χ4n) is 5.99. The molecule has 1 unspecified atom stereocenters. The van der Waals surface area contributed by atoms with Crippen molar-refractivity contribution in [2.75, 3.05) is 27.6 Å². The Kier molecular flexibility index (Phi) is 7.97.